The predicted octanol–water partition coefficient (Wildman–Crippen LogP) is 6.69. The van der Waals surface area contributed by atoms with Crippen LogP contribution in [0.4, 0.5) is 10.1 Å². The lowest BCUT2D eigenvalue weighted by molar-refractivity contribution is 0.0975. The smallest absolute Gasteiger partial charge is 0.258 e. The Labute approximate surface area is 185 Å². The highest BCUT2D eigenvalue weighted by Gasteiger charge is 2.29. The van der Waals surface area contributed by atoms with Gasteiger partial charge >= 0.3 is 0 Å². The number of nitrogens with zero attached hydrogens (tertiary/aromatic N) is 1. The molecule has 6 heteroatoms. The molecule has 1 heterocycles. The van der Waals surface area contributed by atoms with Crippen molar-refractivity contribution in [2.75, 3.05) is 4.90 Å². The molecular weight excluding hydrogens is 424 g/mol. The molecule has 1 atom stereocenters. The largest absolute Gasteiger partial charge is 0.487 e. The lowest BCUT2D eigenvalue weighted by Crippen LogP contribution is -2.42. The molecular formula is C24H20Cl2FNO2. The van der Waals surface area contributed by atoms with E-state index in [-0.39, 0.29) is 24.4 Å². The maximum absolute atomic E-state index is 13.6. The molecule has 0 bridgehead atoms. The van der Waals surface area contributed by atoms with E-state index in [1.807, 2.05) is 25.1 Å². The predicted molar refractivity (Wildman–Crippen MR) is 118 cm³/mol. The number of halogens is 3. The van der Waals surface area contributed by atoms with Gasteiger partial charge in [-0.05, 0) is 73.4 Å². The molecule has 0 saturated carbocycles. The average molecular weight is 444 g/mol. The number of aryl methyl sites for hydroxylation is 1. The lowest BCUT2D eigenvalue weighted by Gasteiger charge is -2.35. The standard InChI is InChI=1S/C24H20Cl2FNO2/c1-15-5-6-17-12-20(27)8-10-22(17)28(15)24(29)18-4-2-3-16(11-18)14-30-23-13-19(25)7-9-21(23)26/h2-4,7-13,15H,5-6,14H2,1H3/t15-/m1/s1. The number of hydrogen-bond acceptors (Lipinski definition) is 2. The lowest BCUT2D eigenvalue weighted by atomic mass is 9.95. The van der Waals surface area contributed by atoms with Crippen LogP contribution in [-0.2, 0) is 13.0 Å². The first-order chi connectivity index (χ1) is 14.4. The van der Waals surface area contributed by atoms with Crippen LogP contribution >= 0.6 is 23.2 Å². The highest BCUT2D eigenvalue weighted by atomic mass is 35.5. The zero-order chi connectivity index (χ0) is 21.3. The van der Waals surface area contributed by atoms with E-state index < -0.39 is 0 Å². The van der Waals surface area contributed by atoms with E-state index in [4.69, 9.17) is 27.9 Å². The second-order valence-corrected chi connectivity index (χ2v) is 8.24. The monoisotopic (exact) mass is 443 g/mol. The molecule has 1 amide bonds. The molecule has 3 nitrogen and oxygen atoms in total. The van der Waals surface area contributed by atoms with E-state index in [0.29, 0.717) is 21.4 Å². The Balaban J connectivity index is 1.56. The highest BCUT2D eigenvalue weighted by Crippen LogP contribution is 2.33. The number of fused-ring (bicyclic) bond motifs is 1. The molecule has 30 heavy (non-hydrogen) atoms. The number of rotatable bonds is 4. The number of benzene rings is 3. The number of hydrogen-bond donors (Lipinski definition) is 0. The molecule has 0 spiro atoms. The number of carbonyl (C=O) groups is 1. The van der Waals surface area contributed by atoms with Crippen molar-refractivity contribution in [3.63, 3.8) is 0 Å². The Hall–Kier alpha value is -2.56. The Bertz CT molecular complexity index is 1100. The van der Waals surface area contributed by atoms with Crippen molar-refractivity contribution >= 4 is 34.8 Å². The van der Waals surface area contributed by atoms with E-state index in [9.17, 15) is 9.18 Å². The summed E-state index contributed by atoms with van der Waals surface area (Å²) in [7, 11) is 0. The van der Waals surface area contributed by atoms with Crippen LogP contribution in [0.1, 0.15) is 34.8 Å². The normalized spacial score (nSPS) is 15.6. The minimum absolute atomic E-state index is 0.0284. The molecule has 0 aliphatic carbocycles. The van der Waals surface area contributed by atoms with Crippen molar-refractivity contribution in [2.45, 2.75) is 32.4 Å². The van der Waals surface area contributed by atoms with Crippen LogP contribution in [-0.4, -0.2) is 11.9 Å². The second kappa shape index (κ2) is 8.66. The first-order valence-corrected chi connectivity index (χ1v) is 10.5. The fraction of sp³-hybridized carbons (Fsp3) is 0.208. The van der Waals surface area contributed by atoms with Crippen molar-refractivity contribution < 1.29 is 13.9 Å². The van der Waals surface area contributed by atoms with E-state index in [1.165, 1.54) is 12.1 Å². The fourth-order valence-electron chi connectivity index (χ4n) is 3.71. The van der Waals surface area contributed by atoms with E-state index in [2.05, 4.69) is 0 Å². The van der Waals surface area contributed by atoms with Crippen LogP contribution in [0.3, 0.4) is 0 Å². The summed E-state index contributed by atoms with van der Waals surface area (Å²) in [5.41, 5.74) is 3.02. The number of anilines is 1. The van der Waals surface area contributed by atoms with Crippen LogP contribution in [0.25, 0.3) is 0 Å². The van der Waals surface area contributed by atoms with Gasteiger partial charge in [0.15, 0.2) is 0 Å². The number of amides is 1. The SMILES string of the molecule is C[C@@H]1CCc2cc(F)ccc2N1C(=O)c1cccc(COc2cc(Cl)ccc2Cl)c1. The Morgan fingerprint density at radius 2 is 1.97 bits per heavy atom. The van der Waals surface area contributed by atoms with Crippen molar-refractivity contribution in [3.8, 4) is 5.75 Å². The van der Waals surface area contributed by atoms with Crippen LogP contribution < -0.4 is 9.64 Å². The van der Waals surface area contributed by atoms with Crippen LogP contribution in [0, 0.1) is 5.82 Å². The molecule has 4 rings (SSSR count). The molecule has 1 aliphatic heterocycles. The Morgan fingerprint density at radius 3 is 2.80 bits per heavy atom. The van der Waals surface area contributed by atoms with Crippen LogP contribution in [0.15, 0.2) is 60.7 Å². The highest BCUT2D eigenvalue weighted by molar-refractivity contribution is 6.34. The quantitative estimate of drug-likeness (QED) is 0.449. The summed E-state index contributed by atoms with van der Waals surface area (Å²) in [5, 5.41) is 1.00. The molecule has 154 valence electrons. The van der Waals surface area contributed by atoms with Gasteiger partial charge in [0.2, 0.25) is 0 Å². The van der Waals surface area contributed by atoms with Gasteiger partial charge in [-0.15, -0.1) is 0 Å². The van der Waals surface area contributed by atoms with Crippen LogP contribution in [0.5, 0.6) is 5.75 Å². The average Bonchev–Trinajstić information content (AvgIpc) is 2.74. The molecule has 0 saturated heterocycles. The summed E-state index contributed by atoms with van der Waals surface area (Å²) in [5.74, 6) is 0.0914. The van der Waals surface area contributed by atoms with Gasteiger partial charge in [-0.1, -0.05) is 35.3 Å². The molecule has 3 aromatic rings. The summed E-state index contributed by atoms with van der Waals surface area (Å²) in [6.45, 7) is 2.26. The summed E-state index contributed by atoms with van der Waals surface area (Å²) in [6.07, 6.45) is 1.55. The first kappa shape index (κ1) is 20.7. The summed E-state index contributed by atoms with van der Waals surface area (Å²) < 4.78 is 19.4. The van der Waals surface area contributed by atoms with Crippen molar-refractivity contribution in [1.82, 2.24) is 0 Å². The first-order valence-electron chi connectivity index (χ1n) is 9.71. The van der Waals surface area contributed by atoms with Crippen LogP contribution in [0.2, 0.25) is 10.0 Å². The molecule has 0 fully saturated rings. The third-order valence-corrected chi connectivity index (χ3v) is 5.80. The van der Waals surface area contributed by atoms with E-state index >= 15 is 0 Å². The van der Waals surface area contributed by atoms with Gasteiger partial charge in [0.05, 0.1) is 5.02 Å². The number of carbonyl (C=O) groups excluding carboxylic acids is 1. The van der Waals surface area contributed by atoms with E-state index in [0.717, 1.165) is 29.7 Å². The minimum Gasteiger partial charge on any atom is -0.487 e. The third kappa shape index (κ3) is 4.30. The molecule has 0 aromatic heterocycles. The Kier molecular flexibility index (Phi) is 5.98. The zero-order valence-corrected chi connectivity index (χ0v) is 17.9. The van der Waals surface area contributed by atoms with Gasteiger partial charge in [-0.2, -0.15) is 0 Å². The van der Waals surface area contributed by atoms with Gasteiger partial charge in [0.1, 0.15) is 18.2 Å². The van der Waals surface area contributed by atoms with Gasteiger partial charge in [0, 0.05) is 28.4 Å². The van der Waals surface area contributed by atoms with Gasteiger partial charge in [-0.25, -0.2) is 4.39 Å². The topological polar surface area (TPSA) is 29.5 Å². The van der Waals surface area contributed by atoms with Gasteiger partial charge in [0.25, 0.3) is 5.91 Å². The van der Waals surface area contributed by atoms with E-state index in [1.54, 1.807) is 35.2 Å². The minimum atomic E-state index is -0.283. The fourth-order valence-corrected chi connectivity index (χ4v) is 4.05. The molecule has 0 radical (unpaired) electrons. The summed E-state index contributed by atoms with van der Waals surface area (Å²) in [6, 6.07) is 17.0. The maximum atomic E-state index is 13.6. The molecule has 3 aromatic carbocycles. The third-order valence-electron chi connectivity index (χ3n) is 5.25. The molecule has 0 N–H and O–H groups in total. The van der Waals surface area contributed by atoms with Crippen molar-refractivity contribution in [1.29, 1.82) is 0 Å². The maximum Gasteiger partial charge on any atom is 0.258 e. The zero-order valence-electron chi connectivity index (χ0n) is 16.4. The van der Waals surface area contributed by atoms with Gasteiger partial charge in [-0.3, -0.25) is 4.79 Å². The van der Waals surface area contributed by atoms with Crippen molar-refractivity contribution in [3.05, 3.63) is 93.2 Å². The molecule has 1 aliphatic rings. The van der Waals surface area contributed by atoms with Gasteiger partial charge < -0.3 is 9.64 Å². The van der Waals surface area contributed by atoms with Crippen molar-refractivity contribution in [2.24, 2.45) is 0 Å². The summed E-state index contributed by atoms with van der Waals surface area (Å²) >= 11 is 12.2. The number of ether oxygens (including phenoxy) is 1. The Morgan fingerprint density at radius 1 is 1.13 bits per heavy atom. The second-order valence-electron chi connectivity index (χ2n) is 7.40. The molecule has 0 unspecified atom stereocenters. The summed E-state index contributed by atoms with van der Waals surface area (Å²) in [4.78, 5) is 15.1.